The highest BCUT2D eigenvalue weighted by Gasteiger charge is 2.22. The summed E-state index contributed by atoms with van der Waals surface area (Å²) in [6, 6.07) is 3.54. The first-order valence-corrected chi connectivity index (χ1v) is 7.22. The van der Waals surface area contributed by atoms with E-state index in [1.54, 1.807) is 12.1 Å². The maximum Gasteiger partial charge on any atom is 0.326 e. The number of carbonyl (C=O) groups is 3. The van der Waals surface area contributed by atoms with E-state index < -0.39 is 42.5 Å². The van der Waals surface area contributed by atoms with Gasteiger partial charge in [0.1, 0.15) is 17.8 Å². The lowest BCUT2D eigenvalue weighted by molar-refractivity contribution is -0.141. The van der Waals surface area contributed by atoms with Crippen LogP contribution in [0, 0.1) is 0 Å². The summed E-state index contributed by atoms with van der Waals surface area (Å²) in [5, 5.41) is 32.0. The van der Waals surface area contributed by atoms with E-state index in [2.05, 4.69) is 10.6 Å². The largest absolute Gasteiger partial charge is 0.508 e. The molecule has 0 saturated carbocycles. The number of aliphatic hydroxyl groups excluding tert-OH is 1. The van der Waals surface area contributed by atoms with Crippen molar-refractivity contribution in [2.75, 3.05) is 6.54 Å². The third kappa shape index (κ3) is 6.23. The van der Waals surface area contributed by atoms with Crippen LogP contribution < -0.4 is 16.4 Å². The molecule has 0 aliphatic rings. The Balaban J connectivity index is 2.55. The second kappa shape index (κ2) is 8.85. The monoisotopic (exact) mass is 339 g/mol. The Hall–Kier alpha value is -2.65. The van der Waals surface area contributed by atoms with Gasteiger partial charge in [-0.25, -0.2) is 4.79 Å². The molecule has 0 spiro atoms. The maximum atomic E-state index is 11.8. The van der Waals surface area contributed by atoms with E-state index in [-0.39, 0.29) is 12.2 Å². The summed E-state index contributed by atoms with van der Waals surface area (Å²) >= 11 is 0. The van der Waals surface area contributed by atoms with Crippen molar-refractivity contribution in [3.05, 3.63) is 29.8 Å². The number of nitrogens with one attached hydrogen (secondary N) is 2. The molecular formula is C15H21N3O6. The molecule has 0 fully saturated rings. The molecule has 2 amide bonds. The molecule has 7 N–H and O–H groups in total. The van der Waals surface area contributed by atoms with Crippen LogP contribution in [0.4, 0.5) is 0 Å². The fourth-order valence-electron chi connectivity index (χ4n) is 1.82. The number of phenols is 1. The second-order valence-corrected chi connectivity index (χ2v) is 5.31. The van der Waals surface area contributed by atoms with Crippen molar-refractivity contribution in [3.63, 3.8) is 0 Å². The molecular weight excluding hydrogens is 318 g/mol. The van der Waals surface area contributed by atoms with Gasteiger partial charge in [0.2, 0.25) is 11.8 Å². The zero-order chi connectivity index (χ0) is 18.3. The van der Waals surface area contributed by atoms with E-state index in [1.165, 1.54) is 19.1 Å². The van der Waals surface area contributed by atoms with Crippen molar-refractivity contribution in [1.82, 2.24) is 10.6 Å². The Morgan fingerprint density at radius 1 is 1.21 bits per heavy atom. The smallest absolute Gasteiger partial charge is 0.326 e. The fourth-order valence-corrected chi connectivity index (χ4v) is 1.82. The van der Waals surface area contributed by atoms with E-state index in [0.29, 0.717) is 5.56 Å². The van der Waals surface area contributed by atoms with Crippen molar-refractivity contribution in [2.24, 2.45) is 5.73 Å². The second-order valence-electron chi connectivity index (χ2n) is 5.31. The number of benzene rings is 1. The number of carboxylic acid groups (broad SMARTS) is 1. The summed E-state index contributed by atoms with van der Waals surface area (Å²) in [5.41, 5.74) is 6.01. The molecule has 3 atom stereocenters. The highest BCUT2D eigenvalue weighted by Crippen LogP contribution is 2.11. The lowest BCUT2D eigenvalue weighted by atomic mass is 10.1. The van der Waals surface area contributed by atoms with Crippen LogP contribution in [-0.2, 0) is 20.8 Å². The average Bonchev–Trinajstić information content (AvgIpc) is 2.52. The first kappa shape index (κ1) is 19.4. The molecule has 1 rings (SSSR count). The minimum Gasteiger partial charge on any atom is -0.508 e. The summed E-state index contributed by atoms with van der Waals surface area (Å²) in [5.74, 6) is -2.60. The standard InChI is InChI=1S/C15H21N3O6/c1-8(19)13(16)14(22)17-7-12(21)18-11(15(23)24)6-9-2-4-10(20)5-3-9/h2-5,8,11,13,19-20H,6-7,16H2,1H3,(H,17,22)(H,18,21)(H,23,24). The minimum absolute atomic E-state index is 0.0164. The SMILES string of the molecule is CC(O)C(N)C(=O)NCC(=O)NC(Cc1ccc(O)cc1)C(=O)O. The predicted molar refractivity (Wildman–Crippen MR) is 84.0 cm³/mol. The number of rotatable bonds is 8. The van der Waals surface area contributed by atoms with Crippen LogP contribution >= 0.6 is 0 Å². The molecule has 0 bridgehead atoms. The molecule has 0 aliphatic carbocycles. The lowest BCUT2D eigenvalue weighted by Crippen LogP contribution is -2.51. The van der Waals surface area contributed by atoms with Gasteiger partial charge in [-0.1, -0.05) is 12.1 Å². The number of hydrogen-bond donors (Lipinski definition) is 6. The van der Waals surface area contributed by atoms with Gasteiger partial charge >= 0.3 is 5.97 Å². The van der Waals surface area contributed by atoms with Gasteiger partial charge < -0.3 is 31.7 Å². The van der Waals surface area contributed by atoms with Crippen LogP contribution in [0.25, 0.3) is 0 Å². The predicted octanol–water partition coefficient (Wildman–Crippen LogP) is -1.67. The number of aromatic hydroxyl groups is 1. The van der Waals surface area contributed by atoms with E-state index in [9.17, 15) is 29.7 Å². The minimum atomic E-state index is -1.23. The summed E-state index contributed by atoms with van der Waals surface area (Å²) in [7, 11) is 0. The molecule has 1 aromatic carbocycles. The highest BCUT2D eigenvalue weighted by atomic mass is 16.4. The van der Waals surface area contributed by atoms with E-state index in [1.807, 2.05) is 0 Å². The van der Waals surface area contributed by atoms with Crippen molar-refractivity contribution >= 4 is 17.8 Å². The first-order chi connectivity index (χ1) is 11.2. The molecule has 0 aromatic heterocycles. The van der Waals surface area contributed by atoms with Crippen molar-refractivity contribution in [1.29, 1.82) is 0 Å². The molecule has 0 saturated heterocycles. The normalized spacial score (nSPS) is 14.3. The summed E-state index contributed by atoms with van der Waals surface area (Å²) < 4.78 is 0. The number of aliphatic carboxylic acids is 1. The molecule has 0 radical (unpaired) electrons. The summed E-state index contributed by atoms with van der Waals surface area (Å²) in [6.07, 6.45) is -1.06. The van der Waals surface area contributed by atoms with Crippen LogP contribution in [0.5, 0.6) is 5.75 Å². The van der Waals surface area contributed by atoms with E-state index in [0.717, 1.165) is 0 Å². The van der Waals surface area contributed by atoms with Gasteiger partial charge in [0.15, 0.2) is 0 Å². The van der Waals surface area contributed by atoms with Gasteiger partial charge in [-0.05, 0) is 24.6 Å². The number of amides is 2. The van der Waals surface area contributed by atoms with Gasteiger partial charge in [0.25, 0.3) is 0 Å². The van der Waals surface area contributed by atoms with Crippen molar-refractivity contribution in [3.8, 4) is 5.75 Å². The van der Waals surface area contributed by atoms with Crippen LogP contribution in [0.3, 0.4) is 0 Å². The molecule has 0 heterocycles. The Morgan fingerprint density at radius 3 is 2.29 bits per heavy atom. The highest BCUT2D eigenvalue weighted by molar-refractivity contribution is 5.89. The van der Waals surface area contributed by atoms with Gasteiger partial charge in [-0.3, -0.25) is 9.59 Å². The third-order valence-electron chi connectivity index (χ3n) is 3.26. The van der Waals surface area contributed by atoms with Crippen LogP contribution in [0.1, 0.15) is 12.5 Å². The zero-order valence-electron chi connectivity index (χ0n) is 13.1. The number of nitrogens with two attached hydrogens (primary N) is 1. The Labute approximate surface area is 138 Å². The Kier molecular flexibility index (Phi) is 7.15. The Morgan fingerprint density at radius 2 is 1.79 bits per heavy atom. The Bertz CT molecular complexity index is 587. The number of aliphatic hydroxyl groups is 1. The number of carboxylic acids is 1. The molecule has 1 aromatic rings. The van der Waals surface area contributed by atoms with Gasteiger partial charge in [0.05, 0.1) is 12.6 Å². The van der Waals surface area contributed by atoms with Crippen molar-refractivity contribution < 1.29 is 29.7 Å². The van der Waals surface area contributed by atoms with Gasteiger partial charge in [-0.15, -0.1) is 0 Å². The quantitative estimate of drug-likeness (QED) is 0.330. The number of hydrogen-bond acceptors (Lipinski definition) is 6. The lowest BCUT2D eigenvalue weighted by Gasteiger charge is -2.17. The van der Waals surface area contributed by atoms with Crippen LogP contribution in [0.2, 0.25) is 0 Å². The fraction of sp³-hybridized carbons (Fsp3) is 0.400. The van der Waals surface area contributed by atoms with Crippen LogP contribution in [-0.4, -0.2) is 57.8 Å². The topological polar surface area (TPSA) is 162 Å². The van der Waals surface area contributed by atoms with Gasteiger partial charge in [0, 0.05) is 6.42 Å². The summed E-state index contributed by atoms with van der Waals surface area (Å²) in [6.45, 7) is 0.876. The van der Waals surface area contributed by atoms with Gasteiger partial charge in [-0.2, -0.15) is 0 Å². The number of phenolic OH excluding ortho intramolecular Hbond substituents is 1. The maximum absolute atomic E-state index is 11.8. The van der Waals surface area contributed by atoms with E-state index >= 15 is 0 Å². The molecule has 24 heavy (non-hydrogen) atoms. The first-order valence-electron chi connectivity index (χ1n) is 7.22. The molecule has 0 aliphatic heterocycles. The number of carbonyl (C=O) groups excluding carboxylic acids is 2. The van der Waals surface area contributed by atoms with Crippen LogP contribution in [0.15, 0.2) is 24.3 Å². The summed E-state index contributed by atoms with van der Waals surface area (Å²) in [4.78, 5) is 34.5. The third-order valence-corrected chi connectivity index (χ3v) is 3.26. The zero-order valence-corrected chi connectivity index (χ0v) is 13.1. The average molecular weight is 339 g/mol. The molecule has 132 valence electrons. The molecule has 9 heteroatoms. The molecule has 9 nitrogen and oxygen atoms in total. The van der Waals surface area contributed by atoms with Crippen molar-refractivity contribution in [2.45, 2.75) is 31.5 Å². The van der Waals surface area contributed by atoms with E-state index in [4.69, 9.17) is 5.73 Å². The molecule has 3 unspecified atom stereocenters.